The van der Waals surface area contributed by atoms with Crippen molar-refractivity contribution < 1.29 is 0 Å². The first kappa shape index (κ1) is 17.7. The van der Waals surface area contributed by atoms with Gasteiger partial charge < -0.3 is 4.98 Å². The third-order valence-corrected chi connectivity index (χ3v) is 5.50. The third kappa shape index (κ3) is 3.42. The van der Waals surface area contributed by atoms with E-state index >= 15 is 0 Å². The van der Waals surface area contributed by atoms with E-state index in [1.54, 1.807) is 0 Å². The number of aromatic nitrogens is 2. The van der Waals surface area contributed by atoms with Crippen LogP contribution in [0.4, 0.5) is 0 Å². The quantitative estimate of drug-likeness (QED) is 0.542. The first-order valence-corrected chi connectivity index (χ1v) is 10.1. The second kappa shape index (κ2) is 7.21. The number of hydrogen-bond acceptors (Lipinski definition) is 6. The normalized spacial score (nSPS) is 19.2. The van der Waals surface area contributed by atoms with E-state index in [2.05, 4.69) is 35.1 Å². The highest BCUT2D eigenvalue weighted by molar-refractivity contribution is 8.15. The van der Waals surface area contributed by atoms with Crippen LogP contribution < -0.4 is 10.7 Å². The largest absolute Gasteiger partial charge is 0.342 e. The number of rotatable bonds is 3. The predicted molar refractivity (Wildman–Crippen MR) is 116 cm³/mol. The summed E-state index contributed by atoms with van der Waals surface area (Å²) < 4.78 is 0. The molecule has 0 aliphatic carbocycles. The van der Waals surface area contributed by atoms with Crippen molar-refractivity contribution in [1.82, 2.24) is 9.97 Å². The fraction of sp³-hybridized carbons (Fsp3) is 0.143. The number of aryl methyl sites for hydroxylation is 1. The van der Waals surface area contributed by atoms with E-state index in [1.807, 2.05) is 68.4 Å². The molecule has 1 aromatic heterocycles. The molecular formula is C21H17N7S. The fourth-order valence-electron chi connectivity index (χ4n) is 3.17. The molecule has 5 rings (SSSR count). The zero-order valence-corrected chi connectivity index (χ0v) is 16.7. The molecule has 0 fully saturated rings. The molecule has 1 atom stereocenters. The van der Waals surface area contributed by atoms with Gasteiger partial charge >= 0.3 is 0 Å². The topological polar surface area (TPSA) is 90.5 Å². The summed E-state index contributed by atoms with van der Waals surface area (Å²) in [5.74, 6) is 1.49. The van der Waals surface area contributed by atoms with E-state index in [-0.39, 0.29) is 5.37 Å². The second-order valence-electron chi connectivity index (χ2n) is 6.66. The zero-order chi connectivity index (χ0) is 19.8. The van der Waals surface area contributed by atoms with Gasteiger partial charge in [-0.3, -0.25) is 4.99 Å². The fourth-order valence-corrected chi connectivity index (χ4v) is 3.98. The molecule has 2 aromatic carbocycles. The lowest BCUT2D eigenvalue weighted by Gasteiger charge is -2.05. The van der Waals surface area contributed by atoms with Crippen LogP contribution in [0.2, 0.25) is 0 Å². The average molecular weight is 399 g/mol. The van der Waals surface area contributed by atoms with Gasteiger partial charge in [-0.25, -0.2) is 15.0 Å². The van der Waals surface area contributed by atoms with Gasteiger partial charge in [0.2, 0.25) is 5.17 Å². The molecule has 142 valence electrons. The third-order valence-electron chi connectivity index (χ3n) is 4.58. The summed E-state index contributed by atoms with van der Waals surface area (Å²) in [5, 5.41) is 10.8. The lowest BCUT2D eigenvalue weighted by Crippen LogP contribution is -2.33. The number of amidine groups is 2. The molecule has 0 radical (unpaired) electrons. The van der Waals surface area contributed by atoms with Gasteiger partial charge in [0.25, 0.3) is 0 Å². The first-order valence-electron chi connectivity index (χ1n) is 9.19. The summed E-state index contributed by atoms with van der Waals surface area (Å²) in [7, 11) is 0. The van der Waals surface area contributed by atoms with Crippen LogP contribution in [-0.4, -0.2) is 32.1 Å². The number of fused-ring (bicyclic) bond motifs is 2. The summed E-state index contributed by atoms with van der Waals surface area (Å²) >= 11 is 1.45. The van der Waals surface area contributed by atoms with Crippen LogP contribution in [-0.2, 0) is 0 Å². The number of nitrogens with zero attached hydrogens (tertiary/aromatic N) is 6. The van der Waals surface area contributed by atoms with Crippen LogP contribution in [0.5, 0.6) is 0 Å². The summed E-state index contributed by atoms with van der Waals surface area (Å²) in [6.45, 7) is 3.88. The number of imidazole rings is 1. The molecule has 2 aliphatic heterocycles. The Bertz CT molecular complexity index is 1300. The molecule has 0 saturated heterocycles. The Labute approximate surface area is 171 Å². The molecule has 0 amide bonds. The maximum atomic E-state index is 4.69. The van der Waals surface area contributed by atoms with Gasteiger partial charge in [-0.2, -0.15) is 5.10 Å². The Morgan fingerprint density at radius 2 is 1.76 bits per heavy atom. The monoisotopic (exact) mass is 399 g/mol. The van der Waals surface area contributed by atoms with Crippen molar-refractivity contribution in [3.05, 3.63) is 76.7 Å². The van der Waals surface area contributed by atoms with Crippen molar-refractivity contribution in [3.63, 3.8) is 0 Å². The molecule has 3 heterocycles. The van der Waals surface area contributed by atoms with Gasteiger partial charge in [-0.15, -0.1) is 5.10 Å². The Hall–Kier alpha value is -3.39. The van der Waals surface area contributed by atoms with Gasteiger partial charge in [0.05, 0.1) is 16.4 Å². The van der Waals surface area contributed by atoms with Crippen molar-refractivity contribution in [2.45, 2.75) is 19.2 Å². The second-order valence-corrected chi connectivity index (χ2v) is 7.71. The van der Waals surface area contributed by atoms with Crippen molar-refractivity contribution >= 4 is 28.5 Å². The molecular weight excluding hydrogens is 382 g/mol. The highest BCUT2D eigenvalue weighted by atomic mass is 32.2. The highest BCUT2D eigenvalue weighted by Gasteiger charge is 2.27. The lowest BCUT2D eigenvalue weighted by atomic mass is 10.2. The molecule has 1 unspecified atom stereocenters. The van der Waals surface area contributed by atoms with Crippen molar-refractivity contribution in [1.29, 1.82) is 0 Å². The number of thioether (sulfide) groups is 1. The first-order chi connectivity index (χ1) is 14.2. The van der Waals surface area contributed by atoms with Crippen LogP contribution in [0.25, 0.3) is 11.4 Å². The summed E-state index contributed by atoms with van der Waals surface area (Å²) in [5.41, 5.74) is 3.50. The Morgan fingerprint density at radius 3 is 2.59 bits per heavy atom. The van der Waals surface area contributed by atoms with E-state index < -0.39 is 0 Å². The molecule has 0 spiro atoms. The van der Waals surface area contributed by atoms with Gasteiger partial charge in [0.1, 0.15) is 11.5 Å². The van der Waals surface area contributed by atoms with Crippen LogP contribution in [0, 0.1) is 6.92 Å². The summed E-state index contributed by atoms with van der Waals surface area (Å²) in [6, 6.07) is 17.8. The van der Waals surface area contributed by atoms with Crippen LogP contribution >= 0.6 is 11.8 Å². The smallest absolute Gasteiger partial charge is 0.213 e. The van der Waals surface area contributed by atoms with Crippen molar-refractivity contribution in [2.75, 3.05) is 0 Å². The van der Waals surface area contributed by atoms with Crippen molar-refractivity contribution in [3.8, 4) is 11.4 Å². The summed E-state index contributed by atoms with van der Waals surface area (Å²) in [6.07, 6.45) is 0. The number of aliphatic imine (C=N–C) groups is 1. The molecule has 2 aliphatic rings. The minimum absolute atomic E-state index is 0.157. The number of H-pyrrole nitrogens is 1. The molecule has 0 bridgehead atoms. The lowest BCUT2D eigenvalue weighted by molar-refractivity contribution is 1.04. The van der Waals surface area contributed by atoms with Crippen LogP contribution in [0.1, 0.15) is 18.3 Å². The van der Waals surface area contributed by atoms with Crippen LogP contribution in [0.15, 0.2) is 79.8 Å². The van der Waals surface area contributed by atoms with E-state index in [4.69, 9.17) is 0 Å². The van der Waals surface area contributed by atoms with Gasteiger partial charge in [0.15, 0.2) is 11.2 Å². The van der Waals surface area contributed by atoms with Gasteiger partial charge in [0, 0.05) is 11.3 Å². The van der Waals surface area contributed by atoms with E-state index in [0.717, 1.165) is 39.2 Å². The SMILES string of the molecule is C/C(=N/N=C1\N=C2N=c3ccccc3=NC2S1)c1nc(-c2ccccc2)[nH]c1C. The minimum Gasteiger partial charge on any atom is -0.342 e. The standard InChI is InChI=1S/C21H17N7S/c1-12-17(25-18(22-12)14-8-4-3-5-9-14)13(2)27-28-21-26-19-20(29-21)24-16-11-7-6-10-15(16)23-19/h3-11,20H,1-2H3,(H,22,25)/b27-13-,28-21+. The molecule has 29 heavy (non-hydrogen) atoms. The molecule has 3 aromatic rings. The predicted octanol–water partition coefficient (Wildman–Crippen LogP) is 2.89. The van der Waals surface area contributed by atoms with Crippen LogP contribution in [0.3, 0.4) is 0 Å². The maximum Gasteiger partial charge on any atom is 0.213 e. The Morgan fingerprint density at radius 1 is 1.00 bits per heavy atom. The van der Waals surface area contributed by atoms with Gasteiger partial charge in [-0.05, 0) is 37.7 Å². The number of aromatic amines is 1. The number of hydrogen-bond donors (Lipinski definition) is 1. The van der Waals surface area contributed by atoms with E-state index in [0.29, 0.717) is 11.0 Å². The minimum atomic E-state index is -0.157. The molecule has 0 saturated carbocycles. The molecule has 8 heteroatoms. The number of para-hydroxylation sites is 2. The number of benzene rings is 2. The average Bonchev–Trinajstić information content (AvgIpc) is 3.33. The van der Waals surface area contributed by atoms with Crippen molar-refractivity contribution in [2.24, 2.45) is 25.2 Å². The zero-order valence-electron chi connectivity index (χ0n) is 15.9. The Balaban J connectivity index is 1.41. The Kier molecular flexibility index (Phi) is 4.40. The van der Waals surface area contributed by atoms with Gasteiger partial charge in [-0.1, -0.05) is 42.5 Å². The summed E-state index contributed by atoms with van der Waals surface area (Å²) in [4.78, 5) is 21.8. The van der Waals surface area contributed by atoms with E-state index in [9.17, 15) is 0 Å². The highest BCUT2D eigenvalue weighted by Crippen LogP contribution is 2.26. The molecule has 7 nitrogen and oxygen atoms in total. The van der Waals surface area contributed by atoms with E-state index in [1.165, 1.54) is 11.8 Å². The molecule has 1 N–H and O–H groups in total. The maximum absolute atomic E-state index is 4.69. The number of nitrogens with one attached hydrogen (secondary N) is 1.